The lowest BCUT2D eigenvalue weighted by Crippen LogP contribution is -2.28. The van der Waals surface area contributed by atoms with Crippen LogP contribution in [-0.4, -0.2) is 30.5 Å². The Hall–Kier alpha value is -1.39. The normalized spacial score (nSPS) is 19.7. The summed E-state index contributed by atoms with van der Waals surface area (Å²) in [6, 6.07) is 7.24. The highest BCUT2D eigenvalue weighted by Gasteiger charge is 2.34. The van der Waals surface area contributed by atoms with Gasteiger partial charge in [-0.2, -0.15) is 0 Å². The third-order valence-electron chi connectivity index (χ3n) is 2.95. The molecular formula is C14H19NO2Si. The van der Waals surface area contributed by atoms with E-state index in [1.807, 2.05) is 18.2 Å². The molecule has 1 aromatic rings. The molecule has 3 nitrogen and oxygen atoms in total. The number of amides is 1. The largest absolute Gasteiger partial charge is 0.369 e. The van der Waals surface area contributed by atoms with E-state index in [1.54, 1.807) is 12.1 Å². The van der Waals surface area contributed by atoms with Crippen LogP contribution in [0.5, 0.6) is 0 Å². The highest BCUT2D eigenvalue weighted by Crippen LogP contribution is 2.30. The summed E-state index contributed by atoms with van der Waals surface area (Å²) in [7, 11) is -1.25. The Balaban J connectivity index is 2.14. The molecule has 18 heavy (non-hydrogen) atoms. The Morgan fingerprint density at radius 1 is 1.33 bits per heavy atom. The van der Waals surface area contributed by atoms with E-state index in [4.69, 9.17) is 0 Å². The molecule has 1 amide bonds. The molecule has 1 atom stereocenters. The van der Waals surface area contributed by atoms with Crippen LogP contribution in [0.2, 0.25) is 19.6 Å². The maximum absolute atomic E-state index is 12.1. The smallest absolute Gasteiger partial charge is 0.256 e. The van der Waals surface area contributed by atoms with Gasteiger partial charge in [-0.3, -0.25) is 4.79 Å². The van der Waals surface area contributed by atoms with Crippen molar-refractivity contribution in [2.45, 2.75) is 25.9 Å². The SMILES string of the molecule is C[Si](C)(C)/C=C\CN1C(=O)c2ccccc2C1O. The van der Waals surface area contributed by atoms with Gasteiger partial charge in [-0.1, -0.05) is 49.6 Å². The summed E-state index contributed by atoms with van der Waals surface area (Å²) in [5.74, 6) is -0.0849. The predicted octanol–water partition coefficient (Wildman–Crippen LogP) is 2.57. The summed E-state index contributed by atoms with van der Waals surface area (Å²) >= 11 is 0. The molecule has 0 aromatic heterocycles. The Kier molecular flexibility index (Phi) is 3.41. The summed E-state index contributed by atoms with van der Waals surface area (Å²) in [5.41, 5.74) is 3.52. The number of carbonyl (C=O) groups excluding carboxylic acids is 1. The third-order valence-corrected chi connectivity index (χ3v) is 4.18. The zero-order chi connectivity index (χ0) is 13.3. The second-order valence-electron chi connectivity index (χ2n) is 5.69. The molecule has 0 saturated heterocycles. The summed E-state index contributed by atoms with van der Waals surface area (Å²) in [4.78, 5) is 13.6. The first-order chi connectivity index (χ1) is 8.40. The molecule has 1 heterocycles. The van der Waals surface area contributed by atoms with E-state index in [2.05, 4.69) is 25.3 Å². The van der Waals surface area contributed by atoms with Crippen LogP contribution < -0.4 is 0 Å². The molecule has 4 heteroatoms. The van der Waals surface area contributed by atoms with Gasteiger partial charge in [-0.15, -0.1) is 0 Å². The van der Waals surface area contributed by atoms with Crippen LogP contribution in [0.15, 0.2) is 36.0 Å². The molecule has 0 spiro atoms. The highest BCUT2D eigenvalue weighted by molar-refractivity contribution is 6.80. The summed E-state index contributed by atoms with van der Waals surface area (Å²) in [5, 5.41) is 10.1. The molecular weight excluding hydrogens is 242 g/mol. The minimum absolute atomic E-state index is 0.0849. The molecule has 1 unspecified atom stereocenters. The first-order valence-electron chi connectivity index (χ1n) is 6.16. The number of nitrogens with zero attached hydrogens (tertiary/aromatic N) is 1. The van der Waals surface area contributed by atoms with Crippen molar-refractivity contribution in [2.24, 2.45) is 0 Å². The maximum atomic E-state index is 12.1. The zero-order valence-corrected chi connectivity index (χ0v) is 12.1. The van der Waals surface area contributed by atoms with Crippen molar-refractivity contribution in [3.63, 3.8) is 0 Å². The molecule has 0 saturated carbocycles. The quantitative estimate of drug-likeness (QED) is 0.850. The van der Waals surface area contributed by atoms with Gasteiger partial charge in [0, 0.05) is 17.7 Å². The van der Waals surface area contributed by atoms with Crippen molar-refractivity contribution in [3.05, 3.63) is 47.2 Å². The summed E-state index contributed by atoms with van der Waals surface area (Å²) < 4.78 is 0. The lowest BCUT2D eigenvalue weighted by molar-refractivity contribution is 0.0232. The van der Waals surface area contributed by atoms with E-state index in [1.165, 1.54) is 4.90 Å². The standard InChI is InChI=1S/C14H19NO2Si/c1-18(2,3)10-6-9-15-13(16)11-7-4-5-8-12(11)14(15)17/h4-8,10,13,16H,9H2,1-3H3/b10-6-. The molecule has 0 aliphatic carbocycles. The molecule has 0 bridgehead atoms. The van der Waals surface area contributed by atoms with Gasteiger partial charge < -0.3 is 10.0 Å². The van der Waals surface area contributed by atoms with Crippen LogP contribution in [0.4, 0.5) is 0 Å². The van der Waals surface area contributed by atoms with Gasteiger partial charge in [0.1, 0.15) is 0 Å². The van der Waals surface area contributed by atoms with Crippen molar-refractivity contribution in [1.29, 1.82) is 0 Å². The van der Waals surface area contributed by atoms with E-state index >= 15 is 0 Å². The van der Waals surface area contributed by atoms with E-state index in [0.717, 1.165) is 0 Å². The van der Waals surface area contributed by atoms with Crippen LogP contribution >= 0.6 is 0 Å². The molecule has 0 fully saturated rings. The second kappa shape index (κ2) is 4.70. The lowest BCUT2D eigenvalue weighted by Gasteiger charge is -2.19. The van der Waals surface area contributed by atoms with Gasteiger partial charge in [0.05, 0.1) is 8.07 Å². The Bertz CT molecular complexity index is 491. The number of hydrogen-bond acceptors (Lipinski definition) is 2. The van der Waals surface area contributed by atoms with Crippen LogP contribution in [0, 0.1) is 0 Å². The van der Waals surface area contributed by atoms with E-state index < -0.39 is 14.3 Å². The third kappa shape index (κ3) is 2.54. The zero-order valence-electron chi connectivity index (χ0n) is 11.1. The van der Waals surface area contributed by atoms with Crippen molar-refractivity contribution in [2.75, 3.05) is 6.54 Å². The molecule has 1 aliphatic rings. The molecule has 1 N–H and O–H groups in total. The van der Waals surface area contributed by atoms with Gasteiger partial charge in [-0.25, -0.2) is 0 Å². The van der Waals surface area contributed by atoms with Crippen molar-refractivity contribution < 1.29 is 9.90 Å². The Labute approximate surface area is 109 Å². The van der Waals surface area contributed by atoms with Crippen molar-refractivity contribution >= 4 is 14.0 Å². The van der Waals surface area contributed by atoms with Crippen LogP contribution in [-0.2, 0) is 0 Å². The maximum Gasteiger partial charge on any atom is 0.256 e. The number of benzene rings is 1. The van der Waals surface area contributed by atoms with Gasteiger partial charge in [-0.05, 0) is 6.07 Å². The van der Waals surface area contributed by atoms with Crippen molar-refractivity contribution in [1.82, 2.24) is 4.90 Å². The van der Waals surface area contributed by atoms with Crippen LogP contribution in [0.3, 0.4) is 0 Å². The highest BCUT2D eigenvalue weighted by atomic mass is 28.3. The minimum Gasteiger partial charge on any atom is -0.369 e. The Morgan fingerprint density at radius 2 is 2.00 bits per heavy atom. The van der Waals surface area contributed by atoms with E-state index in [0.29, 0.717) is 17.7 Å². The molecule has 1 aromatic carbocycles. The topological polar surface area (TPSA) is 40.5 Å². The van der Waals surface area contributed by atoms with Crippen molar-refractivity contribution in [3.8, 4) is 0 Å². The predicted molar refractivity (Wildman–Crippen MR) is 74.9 cm³/mol. The number of aliphatic hydroxyl groups is 1. The first-order valence-corrected chi connectivity index (χ1v) is 9.73. The van der Waals surface area contributed by atoms with Crippen LogP contribution in [0.1, 0.15) is 22.1 Å². The number of fused-ring (bicyclic) bond motifs is 1. The lowest BCUT2D eigenvalue weighted by atomic mass is 10.1. The number of hydrogen-bond donors (Lipinski definition) is 1. The number of carbonyl (C=O) groups is 1. The summed E-state index contributed by atoms with van der Waals surface area (Å²) in [6.45, 7) is 7.18. The second-order valence-corrected chi connectivity index (χ2v) is 10.8. The van der Waals surface area contributed by atoms with E-state index in [-0.39, 0.29) is 5.91 Å². The monoisotopic (exact) mass is 261 g/mol. The average molecular weight is 261 g/mol. The fourth-order valence-corrected chi connectivity index (χ4v) is 2.87. The van der Waals surface area contributed by atoms with Gasteiger partial charge >= 0.3 is 0 Å². The van der Waals surface area contributed by atoms with Crippen LogP contribution in [0.25, 0.3) is 0 Å². The van der Waals surface area contributed by atoms with E-state index in [9.17, 15) is 9.90 Å². The number of rotatable bonds is 3. The fraction of sp³-hybridized carbons (Fsp3) is 0.357. The summed E-state index contributed by atoms with van der Waals surface area (Å²) in [6.07, 6.45) is 1.19. The van der Waals surface area contributed by atoms with Gasteiger partial charge in [0.2, 0.25) is 0 Å². The average Bonchev–Trinajstić information content (AvgIpc) is 2.53. The van der Waals surface area contributed by atoms with Gasteiger partial charge in [0.25, 0.3) is 5.91 Å². The molecule has 96 valence electrons. The Morgan fingerprint density at radius 3 is 2.61 bits per heavy atom. The molecule has 1 aliphatic heterocycles. The van der Waals surface area contributed by atoms with Gasteiger partial charge in [0.15, 0.2) is 6.23 Å². The minimum atomic E-state index is -1.25. The molecule has 0 radical (unpaired) electrons. The number of aliphatic hydroxyl groups excluding tert-OH is 1. The first kappa shape index (κ1) is 13.0. The molecule has 2 rings (SSSR count). The fourth-order valence-electron chi connectivity index (χ4n) is 2.05.